The molecule has 2 aliphatic rings. The zero-order chi connectivity index (χ0) is 34.9. The Labute approximate surface area is 299 Å². The van der Waals surface area contributed by atoms with Gasteiger partial charge in [-0.05, 0) is 98.7 Å². The van der Waals surface area contributed by atoms with E-state index in [9.17, 15) is 19.8 Å². The summed E-state index contributed by atoms with van der Waals surface area (Å²) in [7, 11) is 0. The summed E-state index contributed by atoms with van der Waals surface area (Å²) in [6.45, 7) is 0. The molecule has 12 heteroatoms. The minimum atomic E-state index is -1.14. The van der Waals surface area contributed by atoms with Crippen LogP contribution < -0.4 is 10.6 Å². The van der Waals surface area contributed by atoms with E-state index >= 15 is 0 Å². The number of nitrogens with zero attached hydrogens (tertiary/aromatic N) is 1. The van der Waals surface area contributed by atoms with Gasteiger partial charge in [0.25, 0.3) is 11.8 Å². The van der Waals surface area contributed by atoms with Crippen molar-refractivity contribution in [2.45, 2.75) is 74.7 Å². The van der Waals surface area contributed by atoms with E-state index in [0.717, 1.165) is 36.8 Å². The van der Waals surface area contributed by atoms with Gasteiger partial charge in [0.05, 0.1) is 6.20 Å². The number of aromatic nitrogens is 1. The Hall–Kier alpha value is -4.22. The average molecular weight is 723 g/mol. The summed E-state index contributed by atoms with van der Waals surface area (Å²) in [5.41, 5.74) is -0.764. The zero-order valence-electron chi connectivity index (χ0n) is 26.3. The molecule has 0 bridgehead atoms. The van der Waals surface area contributed by atoms with Crippen molar-refractivity contribution in [3.8, 4) is 23.7 Å². The Balaban J connectivity index is 0.000000191. The van der Waals surface area contributed by atoms with E-state index in [4.69, 9.17) is 43.7 Å². The first-order valence-electron chi connectivity index (χ1n) is 15.8. The van der Waals surface area contributed by atoms with Gasteiger partial charge in [-0.1, -0.05) is 64.2 Å². The van der Waals surface area contributed by atoms with E-state index in [1.165, 1.54) is 24.4 Å². The number of rotatable bonds is 4. The molecular weight excluding hydrogens is 689 g/mol. The normalized spacial score (nSPS) is 23.0. The van der Waals surface area contributed by atoms with Crippen LogP contribution in [0.1, 0.15) is 83.6 Å². The van der Waals surface area contributed by atoms with Crippen molar-refractivity contribution in [3.05, 3.63) is 111 Å². The second-order valence-corrected chi connectivity index (χ2v) is 13.3. The lowest BCUT2D eigenvalue weighted by Crippen LogP contribution is -2.45. The summed E-state index contributed by atoms with van der Waals surface area (Å²) in [6.07, 6.45) is 6.42. The van der Waals surface area contributed by atoms with Crippen molar-refractivity contribution in [1.82, 2.24) is 15.8 Å². The number of nitrogens with one attached hydrogen (secondary N) is 2. The van der Waals surface area contributed by atoms with Gasteiger partial charge in [-0.25, -0.2) is 0 Å². The van der Waals surface area contributed by atoms with Crippen LogP contribution in [0.3, 0.4) is 0 Å². The molecule has 2 amide bonds. The summed E-state index contributed by atoms with van der Waals surface area (Å²) < 4.78 is 9.95. The molecule has 9 nitrogen and oxygen atoms in total. The average Bonchev–Trinajstić information content (AvgIpc) is 3.77. The van der Waals surface area contributed by atoms with Crippen LogP contribution in [-0.4, -0.2) is 50.5 Å². The number of aliphatic hydroxyl groups is 2. The molecule has 0 aliphatic heterocycles. The van der Waals surface area contributed by atoms with Gasteiger partial charge in [0.15, 0.2) is 11.0 Å². The molecule has 4 atom stereocenters. The first-order valence-corrected chi connectivity index (χ1v) is 16.9. The Morgan fingerprint density at radius 3 is 1.73 bits per heavy atom. The minimum Gasteiger partial charge on any atom is -0.440 e. The highest BCUT2D eigenvalue weighted by atomic mass is 35.5. The summed E-state index contributed by atoms with van der Waals surface area (Å²) in [5, 5.41) is 32.1. The Morgan fingerprint density at radius 2 is 1.29 bits per heavy atom. The summed E-state index contributed by atoms with van der Waals surface area (Å²) >= 11 is 17.6. The Bertz CT molecular complexity index is 1890. The first kappa shape index (κ1) is 36.1. The van der Waals surface area contributed by atoms with Crippen molar-refractivity contribution >= 4 is 46.6 Å². The van der Waals surface area contributed by atoms with Gasteiger partial charge < -0.3 is 29.8 Å². The van der Waals surface area contributed by atoms with Crippen LogP contribution in [0, 0.1) is 23.7 Å². The first-order chi connectivity index (χ1) is 23.5. The fourth-order valence-corrected chi connectivity index (χ4v) is 6.30. The van der Waals surface area contributed by atoms with Crippen molar-refractivity contribution in [3.63, 3.8) is 0 Å². The van der Waals surface area contributed by atoms with Gasteiger partial charge in [-0.2, -0.15) is 0 Å². The predicted molar refractivity (Wildman–Crippen MR) is 186 cm³/mol. The predicted octanol–water partition coefficient (Wildman–Crippen LogP) is 6.82. The summed E-state index contributed by atoms with van der Waals surface area (Å²) in [6, 6.07) is 18.6. The molecule has 0 unspecified atom stereocenters. The zero-order valence-corrected chi connectivity index (χ0v) is 28.6. The molecule has 4 aromatic rings. The molecule has 0 spiro atoms. The van der Waals surface area contributed by atoms with Crippen molar-refractivity contribution in [2.75, 3.05) is 0 Å². The number of carbonyl (C=O) groups is 2. The molecule has 6 rings (SSSR count). The van der Waals surface area contributed by atoms with E-state index < -0.39 is 11.2 Å². The largest absolute Gasteiger partial charge is 0.440 e. The molecule has 2 saturated carbocycles. The molecule has 2 aliphatic carbocycles. The third kappa shape index (κ3) is 10.9. The third-order valence-electron chi connectivity index (χ3n) is 8.11. The van der Waals surface area contributed by atoms with Gasteiger partial charge in [0, 0.05) is 52.2 Å². The van der Waals surface area contributed by atoms with Gasteiger partial charge in [0.1, 0.15) is 11.2 Å². The summed E-state index contributed by atoms with van der Waals surface area (Å²) in [4.78, 5) is 24.2. The summed E-state index contributed by atoms with van der Waals surface area (Å²) in [5.74, 6) is 11.5. The van der Waals surface area contributed by atoms with Crippen molar-refractivity contribution < 1.29 is 28.7 Å². The fourth-order valence-electron chi connectivity index (χ4n) is 5.77. The molecule has 2 aromatic carbocycles. The number of halogens is 3. The topological polar surface area (TPSA) is 138 Å². The molecule has 2 fully saturated rings. The van der Waals surface area contributed by atoms with Crippen molar-refractivity contribution in [2.24, 2.45) is 0 Å². The molecule has 254 valence electrons. The van der Waals surface area contributed by atoms with Gasteiger partial charge in [-0.3, -0.25) is 9.59 Å². The highest BCUT2D eigenvalue weighted by Gasteiger charge is 2.35. The lowest BCUT2D eigenvalue weighted by molar-refractivity contribution is 0.0438. The van der Waals surface area contributed by atoms with Crippen LogP contribution in [0.25, 0.3) is 0 Å². The molecule has 4 N–H and O–H groups in total. The van der Waals surface area contributed by atoms with E-state index in [1.807, 2.05) is 24.3 Å². The molecule has 49 heavy (non-hydrogen) atoms. The van der Waals surface area contributed by atoms with Crippen LogP contribution in [-0.2, 0) is 0 Å². The van der Waals surface area contributed by atoms with E-state index in [1.54, 1.807) is 24.3 Å². The van der Waals surface area contributed by atoms with Gasteiger partial charge in [-0.15, -0.1) is 0 Å². The van der Waals surface area contributed by atoms with E-state index in [-0.39, 0.29) is 40.6 Å². The quantitative estimate of drug-likeness (QED) is 0.170. The highest BCUT2D eigenvalue weighted by Crippen LogP contribution is 2.30. The smallest absolute Gasteiger partial charge is 0.290 e. The molecular formula is C37H34Cl3N3O6. The van der Waals surface area contributed by atoms with Crippen molar-refractivity contribution in [1.29, 1.82) is 0 Å². The number of hydrogen-bond donors (Lipinski definition) is 4. The van der Waals surface area contributed by atoms with E-state index in [2.05, 4.69) is 39.5 Å². The van der Waals surface area contributed by atoms with E-state index in [0.29, 0.717) is 35.7 Å². The molecule has 2 aromatic heterocycles. The monoisotopic (exact) mass is 721 g/mol. The van der Waals surface area contributed by atoms with Crippen LogP contribution in [0.5, 0.6) is 0 Å². The molecule has 2 heterocycles. The lowest BCUT2D eigenvalue weighted by Gasteiger charge is -2.33. The van der Waals surface area contributed by atoms with Crippen LogP contribution >= 0.6 is 34.8 Å². The maximum Gasteiger partial charge on any atom is 0.290 e. The fraction of sp³-hybridized carbons (Fsp3) is 0.324. The number of amides is 2. The minimum absolute atomic E-state index is 0.157. The third-order valence-corrected chi connectivity index (χ3v) is 8.78. The molecule has 0 radical (unpaired) electrons. The second-order valence-electron chi connectivity index (χ2n) is 12.1. The van der Waals surface area contributed by atoms with Gasteiger partial charge in [0.2, 0.25) is 5.76 Å². The highest BCUT2D eigenvalue weighted by molar-refractivity contribution is 6.31. The number of furan rings is 1. The Kier molecular flexibility index (Phi) is 12.1. The number of hydrogen-bond acceptors (Lipinski definition) is 7. The maximum absolute atomic E-state index is 12.2. The lowest BCUT2D eigenvalue weighted by atomic mass is 9.82. The second kappa shape index (κ2) is 16.5. The Morgan fingerprint density at radius 1 is 0.755 bits per heavy atom. The number of benzene rings is 2. The van der Waals surface area contributed by atoms with Crippen LogP contribution in [0.15, 0.2) is 81.9 Å². The van der Waals surface area contributed by atoms with Crippen LogP contribution in [0.4, 0.5) is 0 Å². The standard InChI is InChI=1S/C19H17Cl2NO3.C18H17ClN2O3/c20-14-4-1-3-13(11-14)8-10-19(24)9-2-5-15(12-19)22-18(23)16-6-7-17(21)25-16;19-14-4-1-3-13(11-14)6-9-18(23)8-2-5-15(12-18)21-17(22)16-7-10-20-24-16/h1,3-4,6-7,11,15,24H,2,5,9,12H2,(H,22,23);1,3-4,7,10-11,15,23H,2,5,8,12H2,(H,21,22)/t15-,19+;15-,18+/m11/s1. The molecule has 0 saturated heterocycles. The van der Waals surface area contributed by atoms with Crippen LogP contribution in [0.2, 0.25) is 15.3 Å². The number of carbonyl (C=O) groups excluding carboxylic acids is 2. The SMILES string of the molecule is O=C(N[C@@H]1CCC[C@](O)(C#Cc2cccc(Cl)c2)C1)c1ccc(Cl)o1.O=C(N[C@@H]1CCC[C@](O)(C#Cc2cccc(Cl)c2)C1)c1ccno1. The maximum atomic E-state index is 12.2. The van der Waals surface area contributed by atoms with Gasteiger partial charge >= 0.3 is 0 Å².